The summed E-state index contributed by atoms with van der Waals surface area (Å²) in [4.78, 5) is 23.6. The first-order valence-corrected chi connectivity index (χ1v) is 7.29. The van der Waals surface area contributed by atoms with Gasteiger partial charge in [-0.25, -0.2) is 0 Å². The van der Waals surface area contributed by atoms with Gasteiger partial charge in [0.25, 0.3) is 5.91 Å². The van der Waals surface area contributed by atoms with E-state index in [0.717, 1.165) is 0 Å². The highest BCUT2D eigenvalue weighted by Gasteiger charge is 2.36. The molecule has 22 heavy (non-hydrogen) atoms. The highest BCUT2D eigenvalue weighted by molar-refractivity contribution is 6.34. The molecule has 1 fully saturated rings. The lowest BCUT2D eigenvalue weighted by atomic mass is 9.86. The second kappa shape index (κ2) is 6.98. The minimum atomic E-state index is -0.956. The molecule has 1 saturated heterocycles. The highest BCUT2D eigenvalue weighted by atomic mass is 35.5. The van der Waals surface area contributed by atoms with Gasteiger partial charge in [0.1, 0.15) is 5.75 Å². The number of carboxylic acids is 1. The number of ether oxygens (including phenoxy) is 2. The molecule has 1 heterocycles. The van der Waals surface area contributed by atoms with Crippen molar-refractivity contribution in [2.24, 2.45) is 0 Å². The SMILES string of the molecule is COc1ccc(C(=O)NC2(CC(=O)O)CCOCC2)c(Cl)c1. The van der Waals surface area contributed by atoms with Crippen LogP contribution in [0.15, 0.2) is 18.2 Å². The Kier molecular flexibility index (Phi) is 5.26. The minimum absolute atomic E-state index is 0.143. The van der Waals surface area contributed by atoms with E-state index in [-0.39, 0.29) is 11.4 Å². The molecule has 1 aliphatic heterocycles. The van der Waals surface area contributed by atoms with Gasteiger partial charge in [-0.2, -0.15) is 0 Å². The molecule has 0 radical (unpaired) electrons. The van der Waals surface area contributed by atoms with Crippen LogP contribution in [0.2, 0.25) is 5.02 Å². The fourth-order valence-electron chi connectivity index (χ4n) is 2.51. The number of carbonyl (C=O) groups is 2. The normalized spacial score (nSPS) is 16.8. The first kappa shape index (κ1) is 16.6. The van der Waals surface area contributed by atoms with Crippen LogP contribution in [0, 0.1) is 0 Å². The average molecular weight is 328 g/mol. The van der Waals surface area contributed by atoms with E-state index in [1.807, 2.05) is 0 Å². The predicted molar refractivity (Wildman–Crippen MR) is 80.5 cm³/mol. The number of hydrogen-bond donors (Lipinski definition) is 2. The standard InChI is InChI=1S/C15H18ClNO5/c1-21-10-2-3-11(12(16)8-10)14(20)17-15(9-13(18)19)4-6-22-7-5-15/h2-3,8H,4-7,9H2,1H3,(H,17,20)(H,18,19). The quantitative estimate of drug-likeness (QED) is 0.865. The first-order chi connectivity index (χ1) is 10.5. The van der Waals surface area contributed by atoms with Crippen molar-refractivity contribution in [1.29, 1.82) is 0 Å². The van der Waals surface area contributed by atoms with Crippen LogP contribution in [-0.4, -0.2) is 42.8 Å². The van der Waals surface area contributed by atoms with Gasteiger partial charge < -0.3 is 19.9 Å². The molecule has 0 bridgehead atoms. The lowest BCUT2D eigenvalue weighted by Crippen LogP contribution is -2.53. The lowest BCUT2D eigenvalue weighted by Gasteiger charge is -2.36. The second-order valence-corrected chi connectivity index (χ2v) is 5.67. The predicted octanol–water partition coefficient (Wildman–Crippen LogP) is 2.10. The summed E-state index contributed by atoms with van der Waals surface area (Å²) in [5, 5.41) is 12.2. The van der Waals surface area contributed by atoms with E-state index in [2.05, 4.69) is 5.32 Å². The van der Waals surface area contributed by atoms with Gasteiger partial charge >= 0.3 is 5.97 Å². The molecule has 2 N–H and O–H groups in total. The van der Waals surface area contributed by atoms with Gasteiger partial charge in [-0.15, -0.1) is 0 Å². The van der Waals surface area contributed by atoms with E-state index in [4.69, 9.17) is 26.2 Å². The number of benzene rings is 1. The maximum atomic E-state index is 12.4. The summed E-state index contributed by atoms with van der Waals surface area (Å²) in [7, 11) is 1.51. The largest absolute Gasteiger partial charge is 0.497 e. The molecule has 0 spiro atoms. The Morgan fingerprint density at radius 1 is 1.41 bits per heavy atom. The molecule has 0 saturated carbocycles. The van der Waals surface area contributed by atoms with Gasteiger partial charge in [0.2, 0.25) is 0 Å². The zero-order valence-corrected chi connectivity index (χ0v) is 13.0. The number of nitrogens with one attached hydrogen (secondary N) is 1. The van der Waals surface area contributed by atoms with Crippen molar-refractivity contribution < 1.29 is 24.2 Å². The smallest absolute Gasteiger partial charge is 0.305 e. The van der Waals surface area contributed by atoms with Crippen LogP contribution < -0.4 is 10.1 Å². The molecule has 2 rings (SSSR count). The summed E-state index contributed by atoms with van der Waals surface area (Å²) in [5.74, 6) is -0.799. The maximum Gasteiger partial charge on any atom is 0.305 e. The van der Waals surface area contributed by atoms with Gasteiger partial charge in [-0.05, 0) is 31.0 Å². The van der Waals surface area contributed by atoms with Crippen molar-refractivity contribution in [3.8, 4) is 5.75 Å². The van der Waals surface area contributed by atoms with Gasteiger partial charge in [0.05, 0.1) is 29.7 Å². The Hall–Kier alpha value is -1.79. The zero-order valence-electron chi connectivity index (χ0n) is 12.2. The van der Waals surface area contributed by atoms with Crippen LogP contribution in [0.1, 0.15) is 29.6 Å². The van der Waals surface area contributed by atoms with Crippen LogP contribution in [0.5, 0.6) is 5.75 Å². The third-order valence-corrected chi connectivity index (χ3v) is 4.05. The summed E-state index contributed by atoms with van der Waals surface area (Å²) in [5.41, 5.74) is -0.511. The molecule has 0 aromatic heterocycles. The van der Waals surface area contributed by atoms with Gasteiger partial charge in [-0.3, -0.25) is 9.59 Å². The number of carboxylic acid groups (broad SMARTS) is 1. The van der Waals surface area contributed by atoms with Crippen molar-refractivity contribution in [2.75, 3.05) is 20.3 Å². The molecule has 1 aromatic rings. The summed E-state index contributed by atoms with van der Waals surface area (Å²) >= 11 is 6.09. The number of rotatable bonds is 5. The Bertz CT molecular complexity index is 569. The molecule has 120 valence electrons. The van der Waals surface area contributed by atoms with Crippen molar-refractivity contribution in [3.05, 3.63) is 28.8 Å². The van der Waals surface area contributed by atoms with E-state index in [1.54, 1.807) is 18.2 Å². The van der Waals surface area contributed by atoms with Gasteiger partial charge in [-0.1, -0.05) is 11.6 Å². The minimum Gasteiger partial charge on any atom is -0.497 e. The third-order valence-electron chi connectivity index (χ3n) is 3.74. The van der Waals surface area contributed by atoms with Crippen LogP contribution in [0.4, 0.5) is 0 Å². The van der Waals surface area contributed by atoms with Gasteiger partial charge in [0, 0.05) is 13.2 Å². The van der Waals surface area contributed by atoms with Crippen LogP contribution >= 0.6 is 11.6 Å². The number of carbonyl (C=O) groups excluding carboxylic acids is 1. The van der Waals surface area contributed by atoms with Crippen molar-refractivity contribution in [2.45, 2.75) is 24.8 Å². The molecule has 1 aliphatic rings. The molecular weight excluding hydrogens is 310 g/mol. The third kappa shape index (κ3) is 3.90. The number of amides is 1. The van der Waals surface area contributed by atoms with E-state index in [0.29, 0.717) is 37.4 Å². The van der Waals surface area contributed by atoms with Crippen LogP contribution in [-0.2, 0) is 9.53 Å². The fourth-order valence-corrected chi connectivity index (χ4v) is 2.77. The zero-order chi connectivity index (χ0) is 16.2. The molecule has 0 unspecified atom stereocenters. The molecule has 0 aliphatic carbocycles. The molecule has 6 nitrogen and oxygen atoms in total. The summed E-state index contributed by atoms with van der Waals surface area (Å²) in [6, 6.07) is 4.74. The number of aliphatic carboxylic acids is 1. The highest BCUT2D eigenvalue weighted by Crippen LogP contribution is 2.27. The number of halogens is 1. The Morgan fingerprint density at radius 2 is 2.09 bits per heavy atom. The molecular formula is C15H18ClNO5. The summed E-state index contributed by atoms with van der Waals surface area (Å²) in [6.07, 6.45) is 0.771. The Balaban J connectivity index is 2.19. The average Bonchev–Trinajstić information content (AvgIpc) is 2.46. The van der Waals surface area contributed by atoms with E-state index >= 15 is 0 Å². The second-order valence-electron chi connectivity index (χ2n) is 5.26. The van der Waals surface area contributed by atoms with Crippen molar-refractivity contribution in [3.63, 3.8) is 0 Å². The first-order valence-electron chi connectivity index (χ1n) is 6.91. The maximum absolute atomic E-state index is 12.4. The van der Waals surface area contributed by atoms with E-state index in [1.165, 1.54) is 7.11 Å². The Morgan fingerprint density at radius 3 is 2.64 bits per heavy atom. The van der Waals surface area contributed by atoms with Crippen LogP contribution in [0.3, 0.4) is 0 Å². The number of methoxy groups -OCH3 is 1. The molecule has 1 aromatic carbocycles. The molecule has 7 heteroatoms. The fraction of sp³-hybridized carbons (Fsp3) is 0.467. The lowest BCUT2D eigenvalue weighted by molar-refractivity contribution is -0.139. The number of hydrogen-bond acceptors (Lipinski definition) is 4. The molecule has 1 amide bonds. The monoisotopic (exact) mass is 327 g/mol. The van der Waals surface area contributed by atoms with E-state index in [9.17, 15) is 9.59 Å². The van der Waals surface area contributed by atoms with Crippen molar-refractivity contribution in [1.82, 2.24) is 5.32 Å². The Labute approximate surface area is 133 Å². The van der Waals surface area contributed by atoms with E-state index < -0.39 is 17.4 Å². The van der Waals surface area contributed by atoms with Crippen LogP contribution in [0.25, 0.3) is 0 Å². The summed E-state index contributed by atoms with van der Waals surface area (Å²) in [6.45, 7) is 0.841. The summed E-state index contributed by atoms with van der Waals surface area (Å²) < 4.78 is 10.3. The topological polar surface area (TPSA) is 84.9 Å². The van der Waals surface area contributed by atoms with Crippen molar-refractivity contribution >= 4 is 23.5 Å². The van der Waals surface area contributed by atoms with Gasteiger partial charge in [0.15, 0.2) is 0 Å². The molecule has 0 atom stereocenters.